The summed E-state index contributed by atoms with van der Waals surface area (Å²) in [5.74, 6) is 0.751. The number of rotatable bonds is 7. The number of benzene rings is 1. The minimum atomic E-state index is -0.455. The maximum absolute atomic E-state index is 13.8. The van der Waals surface area contributed by atoms with Crippen LogP contribution in [0.2, 0.25) is 0 Å². The molecule has 0 heterocycles. The van der Waals surface area contributed by atoms with Crippen molar-refractivity contribution in [3.63, 3.8) is 0 Å². The zero-order valence-corrected chi connectivity index (χ0v) is 11.7. The van der Waals surface area contributed by atoms with Crippen LogP contribution in [0.4, 0.5) is 8.78 Å². The van der Waals surface area contributed by atoms with Gasteiger partial charge in [-0.2, -0.15) is 0 Å². The first kappa shape index (κ1) is 14.0. The van der Waals surface area contributed by atoms with Crippen LogP contribution in [0.25, 0.3) is 0 Å². The molecule has 1 aromatic carbocycles. The average molecular weight is 280 g/mol. The highest BCUT2D eigenvalue weighted by Gasteiger charge is 2.30. The van der Waals surface area contributed by atoms with Crippen LogP contribution in [0.15, 0.2) is 18.2 Å². The van der Waals surface area contributed by atoms with E-state index in [1.54, 1.807) is 0 Å². The Kier molecular flexibility index (Phi) is 4.03. The van der Waals surface area contributed by atoms with E-state index in [1.807, 2.05) is 0 Å². The molecule has 1 aromatic rings. The van der Waals surface area contributed by atoms with Gasteiger partial charge in [-0.3, -0.25) is 0 Å². The van der Waals surface area contributed by atoms with Gasteiger partial charge in [0.05, 0.1) is 0 Å². The van der Waals surface area contributed by atoms with E-state index in [-0.39, 0.29) is 0 Å². The standard InChI is InChI=1S/C16H22F2N2/c17-13-5-6-15(18)14(7-13)16(19)10-20(8-11-1-2-11)9-12-3-4-12/h5-7,11-12,16H,1-4,8-10,19H2. The Labute approximate surface area is 118 Å². The van der Waals surface area contributed by atoms with Crippen molar-refractivity contribution in [3.8, 4) is 0 Å². The molecule has 1 unspecified atom stereocenters. The highest BCUT2D eigenvalue weighted by Crippen LogP contribution is 2.34. The molecule has 2 aliphatic carbocycles. The lowest BCUT2D eigenvalue weighted by molar-refractivity contribution is 0.236. The van der Waals surface area contributed by atoms with Crippen LogP contribution >= 0.6 is 0 Å². The monoisotopic (exact) mass is 280 g/mol. The Hall–Kier alpha value is -1.00. The van der Waals surface area contributed by atoms with E-state index in [0.29, 0.717) is 12.1 Å². The second kappa shape index (κ2) is 5.78. The minimum Gasteiger partial charge on any atom is -0.323 e. The van der Waals surface area contributed by atoms with Crippen molar-refractivity contribution < 1.29 is 8.78 Å². The summed E-state index contributed by atoms with van der Waals surface area (Å²) >= 11 is 0. The van der Waals surface area contributed by atoms with Crippen LogP contribution in [-0.2, 0) is 0 Å². The topological polar surface area (TPSA) is 29.3 Å². The lowest BCUT2D eigenvalue weighted by Gasteiger charge is -2.26. The van der Waals surface area contributed by atoms with Gasteiger partial charge < -0.3 is 10.6 Å². The molecule has 1 atom stereocenters. The molecule has 2 nitrogen and oxygen atoms in total. The molecule has 0 aliphatic heterocycles. The van der Waals surface area contributed by atoms with E-state index in [2.05, 4.69) is 4.90 Å². The Bertz CT molecular complexity index is 456. The van der Waals surface area contributed by atoms with E-state index >= 15 is 0 Å². The fourth-order valence-electron chi connectivity index (χ4n) is 2.73. The molecule has 2 N–H and O–H groups in total. The second-order valence-electron chi connectivity index (χ2n) is 6.38. The van der Waals surface area contributed by atoms with Gasteiger partial charge in [-0.15, -0.1) is 0 Å². The number of hydrogen-bond acceptors (Lipinski definition) is 2. The Balaban J connectivity index is 1.64. The normalized spacial score (nSPS) is 20.4. The molecule has 20 heavy (non-hydrogen) atoms. The summed E-state index contributed by atoms with van der Waals surface area (Å²) in [4.78, 5) is 2.35. The molecule has 4 heteroatoms. The molecule has 0 saturated heterocycles. The number of halogens is 2. The fourth-order valence-corrected chi connectivity index (χ4v) is 2.73. The molecule has 3 rings (SSSR count). The highest BCUT2D eigenvalue weighted by atomic mass is 19.1. The molecular weight excluding hydrogens is 258 g/mol. The predicted octanol–water partition coefficient (Wildman–Crippen LogP) is 3.09. The molecular formula is C16H22F2N2. The van der Waals surface area contributed by atoms with Gasteiger partial charge in [0.25, 0.3) is 0 Å². The fraction of sp³-hybridized carbons (Fsp3) is 0.625. The van der Waals surface area contributed by atoms with E-state index in [9.17, 15) is 8.78 Å². The lowest BCUT2D eigenvalue weighted by Crippen LogP contribution is -2.35. The molecule has 2 aliphatic rings. The third-order valence-electron chi connectivity index (χ3n) is 4.24. The maximum Gasteiger partial charge on any atom is 0.128 e. The van der Waals surface area contributed by atoms with Gasteiger partial charge in [0.2, 0.25) is 0 Å². The zero-order chi connectivity index (χ0) is 14.1. The van der Waals surface area contributed by atoms with Crippen LogP contribution in [0.1, 0.15) is 37.3 Å². The van der Waals surface area contributed by atoms with Gasteiger partial charge in [-0.1, -0.05) is 0 Å². The molecule has 0 aromatic heterocycles. The lowest BCUT2D eigenvalue weighted by atomic mass is 10.1. The predicted molar refractivity (Wildman–Crippen MR) is 75.2 cm³/mol. The first-order valence-corrected chi connectivity index (χ1v) is 7.54. The van der Waals surface area contributed by atoms with Crippen molar-refractivity contribution in [2.24, 2.45) is 17.6 Å². The molecule has 0 radical (unpaired) electrons. The van der Waals surface area contributed by atoms with Crippen LogP contribution in [-0.4, -0.2) is 24.5 Å². The van der Waals surface area contributed by atoms with Crippen LogP contribution in [0.5, 0.6) is 0 Å². The van der Waals surface area contributed by atoms with Crippen LogP contribution < -0.4 is 5.73 Å². The van der Waals surface area contributed by atoms with Gasteiger partial charge >= 0.3 is 0 Å². The SMILES string of the molecule is NC(CN(CC1CC1)CC1CC1)c1cc(F)ccc1F. The summed E-state index contributed by atoms with van der Waals surface area (Å²) in [7, 11) is 0. The van der Waals surface area contributed by atoms with E-state index in [4.69, 9.17) is 5.73 Å². The molecule has 0 spiro atoms. The Morgan fingerprint density at radius 2 is 1.70 bits per heavy atom. The van der Waals surface area contributed by atoms with Crippen molar-refractivity contribution in [3.05, 3.63) is 35.4 Å². The van der Waals surface area contributed by atoms with Crippen molar-refractivity contribution in [2.75, 3.05) is 19.6 Å². The summed E-state index contributed by atoms with van der Waals surface area (Å²) in [6.07, 6.45) is 5.19. The van der Waals surface area contributed by atoms with Crippen molar-refractivity contribution in [2.45, 2.75) is 31.7 Å². The zero-order valence-electron chi connectivity index (χ0n) is 11.7. The number of nitrogens with zero attached hydrogens (tertiary/aromatic N) is 1. The second-order valence-corrected chi connectivity index (χ2v) is 6.38. The van der Waals surface area contributed by atoms with E-state index in [1.165, 1.54) is 31.7 Å². The quantitative estimate of drug-likeness (QED) is 0.831. The number of nitrogens with two attached hydrogens (primary N) is 1. The minimum absolute atomic E-state index is 0.293. The van der Waals surface area contributed by atoms with Crippen LogP contribution in [0.3, 0.4) is 0 Å². The van der Waals surface area contributed by atoms with Crippen molar-refractivity contribution in [1.82, 2.24) is 4.90 Å². The van der Waals surface area contributed by atoms with Gasteiger partial charge in [0, 0.05) is 31.2 Å². The third-order valence-corrected chi connectivity index (χ3v) is 4.24. The summed E-state index contributed by atoms with van der Waals surface area (Å²) in [6, 6.07) is 3.07. The number of hydrogen-bond donors (Lipinski definition) is 1. The highest BCUT2D eigenvalue weighted by molar-refractivity contribution is 5.22. The maximum atomic E-state index is 13.8. The Morgan fingerprint density at radius 1 is 1.10 bits per heavy atom. The first-order chi connectivity index (χ1) is 9.61. The largest absolute Gasteiger partial charge is 0.323 e. The van der Waals surface area contributed by atoms with Gasteiger partial charge in [0.15, 0.2) is 0 Å². The summed E-state index contributed by atoms with van der Waals surface area (Å²) in [6.45, 7) is 2.73. The average Bonchev–Trinajstić information content (AvgIpc) is 3.28. The van der Waals surface area contributed by atoms with E-state index < -0.39 is 17.7 Å². The van der Waals surface area contributed by atoms with E-state index in [0.717, 1.165) is 37.1 Å². The summed E-state index contributed by atoms with van der Waals surface area (Å²) in [5.41, 5.74) is 6.40. The summed E-state index contributed by atoms with van der Waals surface area (Å²) in [5, 5.41) is 0. The van der Waals surface area contributed by atoms with Crippen molar-refractivity contribution in [1.29, 1.82) is 0 Å². The van der Waals surface area contributed by atoms with Crippen molar-refractivity contribution >= 4 is 0 Å². The van der Waals surface area contributed by atoms with Crippen LogP contribution in [0, 0.1) is 23.5 Å². The third kappa shape index (κ3) is 3.76. The van der Waals surface area contributed by atoms with Gasteiger partial charge in [0.1, 0.15) is 11.6 Å². The molecule has 2 fully saturated rings. The smallest absolute Gasteiger partial charge is 0.128 e. The molecule has 2 saturated carbocycles. The summed E-state index contributed by atoms with van der Waals surface area (Å²) < 4.78 is 27.0. The molecule has 0 amide bonds. The molecule has 110 valence electrons. The first-order valence-electron chi connectivity index (χ1n) is 7.54. The van der Waals surface area contributed by atoms with Gasteiger partial charge in [-0.25, -0.2) is 8.78 Å². The molecule has 0 bridgehead atoms. The Morgan fingerprint density at radius 3 is 2.25 bits per heavy atom. The van der Waals surface area contributed by atoms with Gasteiger partial charge in [-0.05, 0) is 55.7 Å².